The second-order valence-electron chi connectivity index (χ2n) is 5.85. The van der Waals surface area contributed by atoms with Crippen molar-refractivity contribution >= 4 is 29.3 Å². The van der Waals surface area contributed by atoms with E-state index in [1.807, 2.05) is 31.2 Å². The number of hydrogen-bond donors (Lipinski definition) is 2. The topological polar surface area (TPSA) is 116 Å². The van der Waals surface area contributed by atoms with Gasteiger partial charge in [-0.1, -0.05) is 30.0 Å². The Kier molecular flexibility index (Phi) is 5.51. The van der Waals surface area contributed by atoms with Gasteiger partial charge in [0.2, 0.25) is 17.0 Å². The lowest BCUT2D eigenvalue weighted by atomic mass is 10.2. The highest BCUT2D eigenvalue weighted by molar-refractivity contribution is 8.00. The molecule has 1 atom stereocenters. The zero-order valence-corrected chi connectivity index (χ0v) is 15.6. The van der Waals surface area contributed by atoms with Crippen molar-refractivity contribution < 1.29 is 9.59 Å². The summed E-state index contributed by atoms with van der Waals surface area (Å²) in [7, 11) is 0. The van der Waals surface area contributed by atoms with Gasteiger partial charge in [-0.15, -0.1) is 5.10 Å². The van der Waals surface area contributed by atoms with E-state index in [0.717, 1.165) is 11.3 Å². The molecule has 27 heavy (non-hydrogen) atoms. The summed E-state index contributed by atoms with van der Waals surface area (Å²) in [5, 5.41) is 14.7. The van der Waals surface area contributed by atoms with Crippen LogP contribution < -0.4 is 11.1 Å². The van der Waals surface area contributed by atoms with Crippen LogP contribution in [0, 0.1) is 6.92 Å². The third-order valence-corrected chi connectivity index (χ3v) is 4.91. The molecule has 0 saturated heterocycles. The largest absolute Gasteiger partial charge is 0.366 e. The molecule has 0 spiro atoms. The lowest BCUT2D eigenvalue weighted by molar-refractivity contribution is -0.115. The van der Waals surface area contributed by atoms with Gasteiger partial charge < -0.3 is 11.1 Å². The molecular weight excluding hydrogens is 364 g/mol. The molecule has 1 heterocycles. The number of rotatable bonds is 6. The number of tetrazole rings is 1. The highest BCUT2D eigenvalue weighted by Gasteiger charge is 2.20. The summed E-state index contributed by atoms with van der Waals surface area (Å²) in [4.78, 5) is 23.6. The number of para-hydroxylation sites is 1. The SMILES string of the molecule is Cc1ccccc1-n1nnnc1S[C@@H](C)C(=O)Nc1ccc(C(N)=O)cc1. The van der Waals surface area contributed by atoms with Crippen LogP contribution in [0.2, 0.25) is 0 Å². The van der Waals surface area contributed by atoms with Crippen molar-refractivity contribution in [2.24, 2.45) is 5.73 Å². The number of nitrogens with zero attached hydrogens (tertiary/aromatic N) is 4. The van der Waals surface area contributed by atoms with Crippen LogP contribution in [-0.4, -0.2) is 37.3 Å². The molecule has 0 aliphatic carbocycles. The summed E-state index contributed by atoms with van der Waals surface area (Å²) in [5.41, 5.74) is 8.06. The molecule has 2 aromatic carbocycles. The van der Waals surface area contributed by atoms with Gasteiger partial charge in [-0.3, -0.25) is 9.59 Å². The Morgan fingerprint density at radius 1 is 1.15 bits per heavy atom. The fourth-order valence-corrected chi connectivity index (χ4v) is 3.18. The van der Waals surface area contributed by atoms with Crippen LogP contribution in [0.3, 0.4) is 0 Å². The highest BCUT2D eigenvalue weighted by Crippen LogP contribution is 2.25. The molecule has 0 fully saturated rings. The van der Waals surface area contributed by atoms with E-state index >= 15 is 0 Å². The van der Waals surface area contributed by atoms with Crippen molar-refractivity contribution in [1.29, 1.82) is 0 Å². The van der Waals surface area contributed by atoms with Gasteiger partial charge in [0.25, 0.3) is 0 Å². The maximum absolute atomic E-state index is 12.5. The number of nitrogens with one attached hydrogen (secondary N) is 1. The van der Waals surface area contributed by atoms with E-state index < -0.39 is 11.2 Å². The second kappa shape index (κ2) is 8.00. The van der Waals surface area contributed by atoms with Gasteiger partial charge in [-0.2, -0.15) is 4.68 Å². The molecule has 0 aliphatic heterocycles. The molecule has 1 aromatic heterocycles. The summed E-state index contributed by atoms with van der Waals surface area (Å²) in [6, 6.07) is 14.1. The first-order valence-corrected chi connectivity index (χ1v) is 9.05. The van der Waals surface area contributed by atoms with Crippen LogP contribution in [0.4, 0.5) is 5.69 Å². The first kappa shape index (κ1) is 18.6. The third-order valence-electron chi connectivity index (χ3n) is 3.87. The molecule has 0 aliphatic rings. The van der Waals surface area contributed by atoms with E-state index in [9.17, 15) is 9.59 Å². The maximum Gasteiger partial charge on any atom is 0.248 e. The number of aryl methyl sites for hydroxylation is 1. The minimum absolute atomic E-state index is 0.203. The summed E-state index contributed by atoms with van der Waals surface area (Å²) in [5.74, 6) is -0.717. The van der Waals surface area contributed by atoms with Crippen molar-refractivity contribution in [1.82, 2.24) is 20.2 Å². The first-order chi connectivity index (χ1) is 13.0. The Morgan fingerprint density at radius 2 is 1.85 bits per heavy atom. The Balaban J connectivity index is 1.70. The smallest absolute Gasteiger partial charge is 0.248 e. The quantitative estimate of drug-likeness (QED) is 0.631. The fraction of sp³-hybridized carbons (Fsp3) is 0.167. The van der Waals surface area contributed by atoms with E-state index in [2.05, 4.69) is 20.8 Å². The highest BCUT2D eigenvalue weighted by atomic mass is 32.2. The predicted octanol–water partition coefficient (Wildman–Crippen LogP) is 2.19. The van der Waals surface area contributed by atoms with E-state index in [1.165, 1.54) is 11.8 Å². The van der Waals surface area contributed by atoms with E-state index in [4.69, 9.17) is 5.73 Å². The number of amides is 2. The molecule has 0 bridgehead atoms. The number of anilines is 1. The standard InChI is InChI=1S/C18H18N6O2S/c1-11-5-3-4-6-15(11)24-18(21-22-23-24)27-12(2)17(26)20-14-9-7-13(8-10-14)16(19)25/h3-10,12H,1-2H3,(H2,19,25)(H,20,26)/t12-/m0/s1. The number of carbonyl (C=O) groups excluding carboxylic acids is 2. The average Bonchev–Trinajstić information content (AvgIpc) is 3.10. The lowest BCUT2D eigenvalue weighted by Gasteiger charge is -2.12. The first-order valence-electron chi connectivity index (χ1n) is 8.17. The van der Waals surface area contributed by atoms with Gasteiger partial charge >= 0.3 is 0 Å². The van der Waals surface area contributed by atoms with E-state index in [1.54, 1.807) is 35.9 Å². The van der Waals surface area contributed by atoms with Crippen molar-refractivity contribution in [3.05, 3.63) is 59.7 Å². The molecule has 3 rings (SSSR count). The minimum atomic E-state index is -0.514. The van der Waals surface area contributed by atoms with Crippen LogP contribution in [-0.2, 0) is 4.79 Å². The molecule has 3 aromatic rings. The Labute approximate surface area is 160 Å². The second-order valence-corrected chi connectivity index (χ2v) is 7.16. The lowest BCUT2D eigenvalue weighted by Crippen LogP contribution is -2.23. The number of benzene rings is 2. The molecule has 138 valence electrons. The number of hydrogen-bond acceptors (Lipinski definition) is 6. The summed E-state index contributed by atoms with van der Waals surface area (Å²) in [6.45, 7) is 3.74. The molecular formula is C18H18N6O2S. The van der Waals surface area contributed by atoms with Crippen LogP contribution in [0.15, 0.2) is 53.7 Å². The predicted molar refractivity (Wildman–Crippen MR) is 103 cm³/mol. The summed E-state index contributed by atoms with van der Waals surface area (Å²) >= 11 is 1.26. The zero-order chi connectivity index (χ0) is 19.4. The van der Waals surface area contributed by atoms with Gasteiger partial charge in [-0.25, -0.2) is 0 Å². The van der Waals surface area contributed by atoms with Gasteiger partial charge in [-0.05, 0) is 60.2 Å². The molecule has 2 amide bonds. The zero-order valence-electron chi connectivity index (χ0n) is 14.8. The number of aromatic nitrogens is 4. The number of primary amides is 1. The monoisotopic (exact) mass is 382 g/mol. The average molecular weight is 382 g/mol. The van der Waals surface area contributed by atoms with E-state index in [-0.39, 0.29) is 5.91 Å². The van der Waals surface area contributed by atoms with Crippen LogP contribution in [0.25, 0.3) is 5.69 Å². The molecule has 0 radical (unpaired) electrons. The molecule has 0 unspecified atom stereocenters. The third kappa shape index (κ3) is 4.32. The van der Waals surface area contributed by atoms with Gasteiger partial charge in [0.05, 0.1) is 10.9 Å². The van der Waals surface area contributed by atoms with Gasteiger partial charge in [0.1, 0.15) is 0 Å². The molecule has 8 nitrogen and oxygen atoms in total. The fourth-order valence-electron chi connectivity index (χ4n) is 2.38. The Hall–Kier alpha value is -3.20. The van der Waals surface area contributed by atoms with Crippen molar-refractivity contribution in [2.45, 2.75) is 24.3 Å². The summed E-state index contributed by atoms with van der Waals surface area (Å²) < 4.78 is 1.62. The number of nitrogens with two attached hydrogens (primary N) is 1. The van der Waals surface area contributed by atoms with Crippen molar-refractivity contribution in [3.8, 4) is 5.69 Å². The summed E-state index contributed by atoms with van der Waals surface area (Å²) in [6.07, 6.45) is 0. The molecule has 3 N–H and O–H groups in total. The van der Waals surface area contributed by atoms with E-state index in [0.29, 0.717) is 16.4 Å². The normalized spacial score (nSPS) is 11.8. The minimum Gasteiger partial charge on any atom is -0.366 e. The van der Waals surface area contributed by atoms with Crippen LogP contribution in [0.1, 0.15) is 22.8 Å². The molecule has 0 saturated carbocycles. The van der Waals surface area contributed by atoms with Crippen LogP contribution in [0.5, 0.6) is 0 Å². The van der Waals surface area contributed by atoms with Gasteiger partial charge in [0.15, 0.2) is 0 Å². The van der Waals surface area contributed by atoms with Crippen molar-refractivity contribution in [3.63, 3.8) is 0 Å². The number of carbonyl (C=O) groups is 2. The van der Waals surface area contributed by atoms with Crippen molar-refractivity contribution in [2.75, 3.05) is 5.32 Å². The maximum atomic E-state index is 12.5. The number of thioether (sulfide) groups is 1. The Bertz CT molecular complexity index is 970. The van der Waals surface area contributed by atoms with Gasteiger partial charge in [0, 0.05) is 11.3 Å². The molecule has 9 heteroatoms. The van der Waals surface area contributed by atoms with Crippen LogP contribution >= 0.6 is 11.8 Å². The Morgan fingerprint density at radius 3 is 2.52 bits per heavy atom.